The van der Waals surface area contributed by atoms with Crippen molar-refractivity contribution in [3.05, 3.63) is 59.7 Å². The van der Waals surface area contributed by atoms with Crippen molar-refractivity contribution < 1.29 is 18.0 Å². The van der Waals surface area contributed by atoms with Gasteiger partial charge in [0.2, 0.25) is 21.8 Å². The van der Waals surface area contributed by atoms with Crippen LogP contribution in [0.25, 0.3) is 0 Å². The molecule has 0 saturated heterocycles. The molecule has 9 heteroatoms. The number of nitrogens with two attached hydrogens (primary N) is 1. The summed E-state index contributed by atoms with van der Waals surface area (Å²) in [7, 11) is -3.55. The van der Waals surface area contributed by atoms with Crippen LogP contribution in [0.3, 0.4) is 0 Å². The van der Waals surface area contributed by atoms with Gasteiger partial charge in [0, 0.05) is 25.3 Å². The molecule has 0 fully saturated rings. The Bertz CT molecular complexity index is 1050. The predicted octanol–water partition coefficient (Wildman–Crippen LogP) is 1.57. The van der Waals surface area contributed by atoms with Crippen LogP contribution in [0.5, 0.6) is 0 Å². The summed E-state index contributed by atoms with van der Waals surface area (Å²) in [6, 6.07) is 13.3. The fourth-order valence-corrected chi connectivity index (χ4v) is 5.29. The van der Waals surface area contributed by atoms with E-state index >= 15 is 0 Å². The number of fused-ring (bicyclic) bond motifs is 1. The van der Waals surface area contributed by atoms with Crippen LogP contribution in [0.4, 0.5) is 5.69 Å². The summed E-state index contributed by atoms with van der Waals surface area (Å²) in [5, 5.41) is 2.77. The van der Waals surface area contributed by atoms with Gasteiger partial charge in [-0.05, 0) is 41.8 Å². The number of nitrogens with zero attached hydrogens (tertiary/aromatic N) is 2. The third kappa shape index (κ3) is 5.12. The van der Waals surface area contributed by atoms with E-state index in [2.05, 4.69) is 5.32 Å². The smallest absolute Gasteiger partial charge is 0.243 e. The number of primary amides is 1. The molecule has 0 aromatic heterocycles. The highest BCUT2D eigenvalue weighted by Gasteiger charge is 2.31. The van der Waals surface area contributed by atoms with Crippen LogP contribution in [-0.2, 0) is 32.6 Å². The van der Waals surface area contributed by atoms with Crippen LogP contribution < -0.4 is 11.1 Å². The number of rotatable bonds is 8. The Morgan fingerprint density at radius 2 is 1.68 bits per heavy atom. The molecule has 2 aromatic carbocycles. The maximum atomic E-state index is 12.6. The highest BCUT2D eigenvalue weighted by atomic mass is 32.2. The number of carbonyl (C=O) groups is 2. The summed E-state index contributed by atoms with van der Waals surface area (Å²) in [4.78, 5) is 26.5. The molecule has 0 radical (unpaired) electrons. The third-order valence-corrected chi connectivity index (χ3v) is 7.57. The van der Waals surface area contributed by atoms with E-state index in [4.69, 9.17) is 5.73 Å². The fourth-order valence-electron chi connectivity index (χ4n) is 3.83. The van der Waals surface area contributed by atoms with E-state index in [1.54, 1.807) is 30.9 Å². The first-order valence-corrected chi connectivity index (χ1v) is 11.7. The van der Waals surface area contributed by atoms with Crippen molar-refractivity contribution in [1.82, 2.24) is 9.21 Å². The van der Waals surface area contributed by atoms with Crippen molar-refractivity contribution in [3.8, 4) is 0 Å². The zero-order chi connectivity index (χ0) is 22.6. The summed E-state index contributed by atoms with van der Waals surface area (Å²) in [5.41, 5.74) is 8.19. The van der Waals surface area contributed by atoms with Gasteiger partial charge in [-0.15, -0.1) is 0 Å². The van der Waals surface area contributed by atoms with E-state index in [1.165, 1.54) is 16.4 Å². The highest BCUT2D eigenvalue weighted by molar-refractivity contribution is 7.89. The quantitative estimate of drug-likeness (QED) is 0.642. The van der Waals surface area contributed by atoms with Crippen LogP contribution in [0.1, 0.15) is 25.0 Å². The van der Waals surface area contributed by atoms with Gasteiger partial charge in [0.05, 0.1) is 17.5 Å². The van der Waals surface area contributed by atoms with Gasteiger partial charge in [0.1, 0.15) is 0 Å². The van der Waals surface area contributed by atoms with Gasteiger partial charge in [-0.1, -0.05) is 38.1 Å². The molecule has 1 atom stereocenters. The molecule has 1 heterocycles. The Hall–Kier alpha value is -2.75. The standard InChI is InChI=1S/C22H28N4O4S/c1-3-26(4-2)31(29,30)19-11-9-18(10-12-19)24-21(27)15-25-14-17-8-6-5-7-16(17)13-20(25)22(23)28/h5-12,20H,3-4,13-15H2,1-2H3,(H2,23,28)(H,24,27)/t20-/m0/s1. The second-order valence-corrected chi connectivity index (χ2v) is 9.40. The molecule has 0 saturated carbocycles. The number of hydrogen-bond donors (Lipinski definition) is 2. The Balaban J connectivity index is 1.68. The molecule has 0 bridgehead atoms. The molecule has 8 nitrogen and oxygen atoms in total. The monoisotopic (exact) mass is 444 g/mol. The van der Waals surface area contributed by atoms with Gasteiger partial charge in [0.25, 0.3) is 0 Å². The molecule has 0 unspecified atom stereocenters. The lowest BCUT2D eigenvalue weighted by atomic mass is 9.93. The van der Waals surface area contributed by atoms with E-state index < -0.39 is 22.0 Å². The molecule has 1 aliphatic heterocycles. The lowest BCUT2D eigenvalue weighted by Gasteiger charge is -2.34. The molecule has 166 valence electrons. The van der Waals surface area contributed by atoms with Crippen LogP contribution in [0, 0.1) is 0 Å². The molecule has 0 aliphatic carbocycles. The highest BCUT2D eigenvalue weighted by Crippen LogP contribution is 2.23. The second-order valence-electron chi connectivity index (χ2n) is 7.46. The minimum atomic E-state index is -3.55. The van der Waals surface area contributed by atoms with E-state index in [0.717, 1.165) is 11.1 Å². The molecular weight excluding hydrogens is 416 g/mol. The number of carbonyl (C=O) groups excluding carboxylic acids is 2. The summed E-state index contributed by atoms with van der Waals surface area (Å²) in [6.45, 7) is 4.80. The van der Waals surface area contributed by atoms with E-state index in [-0.39, 0.29) is 17.3 Å². The lowest BCUT2D eigenvalue weighted by Crippen LogP contribution is -2.50. The molecule has 2 amide bonds. The fraction of sp³-hybridized carbons (Fsp3) is 0.364. The molecule has 0 spiro atoms. The minimum absolute atomic E-state index is 0.00143. The molecule has 3 N–H and O–H groups in total. The first kappa shape index (κ1) is 22.9. The number of benzene rings is 2. The SMILES string of the molecule is CCN(CC)S(=O)(=O)c1ccc(NC(=O)CN2Cc3ccccc3C[C@H]2C(N)=O)cc1. The molecule has 3 rings (SSSR count). The van der Waals surface area contributed by atoms with Crippen LogP contribution in [0.15, 0.2) is 53.4 Å². The van der Waals surface area contributed by atoms with Crippen LogP contribution in [-0.4, -0.2) is 55.1 Å². The molecule has 31 heavy (non-hydrogen) atoms. The van der Waals surface area contributed by atoms with Crippen molar-refractivity contribution >= 4 is 27.5 Å². The average Bonchev–Trinajstić information content (AvgIpc) is 2.74. The normalized spacial score (nSPS) is 16.7. The number of nitrogens with one attached hydrogen (secondary N) is 1. The Kier molecular flexibility index (Phi) is 7.09. The Morgan fingerprint density at radius 1 is 1.06 bits per heavy atom. The summed E-state index contributed by atoms with van der Waals surface area (Å²) >= 11 is 0. The molecule has 1 aliphatic rings. The van der Waals surface area contributed by atoms with Gasteiger partial charge in [-0.2, -0.15) is 4.31 Å². The summed E-state index contributed by atoms with van der Waals surface area (Å²) in [6.07, 6.45) is 0.469. The predicted molar refractivity (Wildman–Crippen MR) is 119 cm³/mol. The Labute approximate surface area is 183 Å². The zero-order valence-corrected chi connectivity index (χ0v) is 18.6. The average molecular weight is 445 g/mol. The number of sulfonamides is 1. The zero-order valence-electron chi connectivity index (χ0n) is 17.7. The first-order chi connectivity index (χ1) is 14.8. The van der Waals surface area contributed by atoms with Crippen molar-refractivity contribution in [1.29, 1.82) is 0 Å². The maximum absolute atomic E-state index is 12.6. The van der Waals surface area contributed by atoms with Crippen molar-refractivity contribution in [2.75, 3.05) is 25.0 Å². The second kappa shape index (κ2) is 9.59. The van der Waals surface area contributed by atoms with Gasteiger partial charge >= 0.3 is 0 Å². The lowest BCUT2D eigenvalue weighted by molar-refractivity contribution is -0.125. The van der Waals surface area contributed by atoms with Gasteiger partial charge < -0.3 is 11.1 Å². The number of hydrogen-bond acceptors (Lipinski definition) is 5. The van der Waals surface area contributed by atoms with Crippen molar-refractivity contribution in [3.63, 3.8) is 0 Å². The largest absolute Gasteiger partial charge is 0.368 e. The van der Waals surface area contributed by atoms with E-state index in [9.17, 15) is 18.0 Å². The molecule has 2 aromatic rings. The van der Waals surface area contributed by atoms with E-state index in [1.807, 2.05) is 24.3 Å². The van der Waals surface area contributed by atoms with Crippen LogP contribution >= 0.6 is 0 Å². The van der Waals surface area contributed by atoms with Gasteiger partial charge in [0.15, 0.2) is 0 Å². The van der Waals surface area contributed by atoms with E-state index in [0.29, 0.717) is 31.7 Å². The minimum Gasteiger partial charge on any atom is -0.368 e. The first-order valence-electron chi connectivity index (χ1n) is 10.3. The third-order valence-electron chi connectivity index (χ3n) is 5.50. The van der Waals surface area contributed by atoms with Gasteiger partial charge in [-0.3, -0.25) is 14.5 Å². The van der Waals surface area contributed by atoms with Gasteiger partial charge in [-0.25, -0.2) is 8.42 Å². The number of anilines is 1. The Morgan fingerprint density at radius 3 is 2.26 bits per heavy atom. The van der Waals surface area contributed by atoms with Crippen molar-refractivity contribution in [2.45, 2.75) is 37.8 Å². The maximum Gasteiger partial charge on any atom is 0.243 e. The summed E-state index contributed by atoms with van der Waals surface area (Å²) in [5.74, 6) is -0.766. The molecular formula is C22H28N4O4S. The number of amides is 2. The van der Waals surface area contributed by atoms with Crippen LogP contribution in [0.2, 0.25) is 0 Å². The topological polar surface area (TPSA) is 113 Å². The van der Waals surface area contributed by atoms with Crippen molar-refractivity contribution in [2.24, 2.45) is 5.73 Å². The summed E-state index contributed by atoms with van der Waals surface area (Å²) < 4.78 is 26.5.